The smallest absolute Gasteiger partial charge is 0.411 e. The van der Waals surface area contributed by atoms with Crippen LogP contribution in [-0.2, 0) is 27.4 Å². The lowest BCUT2D eigenvalue weighted by molar-refractivity contribution is -0.142. The van der Waals surface area contributed by atoms with Gasteiger partial charge in [0.2, 0.25) is 5.91 Å². The van der Waals surface area contributed by atoms with Gasteiger partial charge >= 0.3 is 12.1 Å². The van der Waals surface area contributed by atoms with Gasteiger partial charge in [-0.3, -0.25) is 9.69 Å². The second-order valence-electron chi connectivity index (χ2n) is 7.42. The van der Waals surface area contributed by atoms with Gasteiger partial charge in [-0.15, -0.1) is 11.8 Å². The summed E-state index contributed by atoms with van der Waals surface area (Å²) in [6.45, 7) is 2.05. The highest BCUT2D eigenvalue weighted by atomic mass is 35.5. The number of thioether (sulfide) groups is 1. The molecule has 0 aliphatic carbocycles. The van der Waals surface area contributed by atoms with E-state index in [9.17, 15) is 19.5 Å². The van der Waals surface area contributed by atoms with Gasteiger partial charge in [-0.05, 0) is 36.8 Å². The Morgan fingerprint density at radius 3 is 2.47 bits per heavy atom. The fourth-order valence-corrected chi connectivity index (χ4v) is 4.95. The lowest BCUT2D eigenvalue weighted by atomic mass is 10.1. The summed E-state index contributed by atoms with van der Waals surface area (Å²) in [5, 5.41) is 13.2. The molecule has 0 radical (unpaired) electrons. The molecule has 0 saturated carbocycles. The fraction of sp³-hybridized carbons (Fsp3) is 0.348. The molecule has 2 aromatic rings. The monoisotopic (exact) mass is 526 g/mol. The first-order valence-corrected chi connectivity index (χ1v) is 12.4. The Bertz CT molecular complexity index is 1020. The van der Waals surface area contributed by atoms with Crippen LogP contribution < -0.4 is 10.1 Å². The molecule has 0 spiro atoms. The Labute approximate surface area is 211 Å². The van der Waals surface area contributed by atoms with Crippen LogP contribution in [-0.4, -0.2) is 58.3 Å². The maximum Gasteiger partial charge on any atom is 0.411 e. The molecule has 0 unspecified atom stereocenters. The largest absolute Gasteiger partial charge is 0.489 e. The van der Waals surface area contributed by atoms with Crippen LogP contribution >= 0.6 is 35.0 Å². The van der Waals surface area contributed by atoms with E-state index in [1.807, 2.05) is 0 Å². The van der Waals surface area contributed by atoms with Crippen molar-refractivity contribution < 1.29 is 29.0 Å². The third-order valence-electron chi connectivity index (χ3n) is 5.11. The van der Waals surface area contributed by atoms with E-state index < -0.39 is 30.1 Å². The number of ether oxygens (including phenoxy) is 2. The second-order valence-corrected chi connectivity index (χ2v) is 9.23. The van der Waals surface area contributed by atoms with E-state index in [-0.39, 0.29) is 19.6 Å². The number of hydrogen-bond donors (Lipinski definition) is 2. The Morgan fingerprint density at radius 2 is 1.85 bits per heavy atom. The summed E-state index contributed by atoms with van der Waals surface area (Å²) in [5.74, 6) is -0.449. The first kappa shape index (κ1) is 26.0. The van der Waals surface area contributed by atoms with Crippen molar-refractivity contribution in [3.8, 4) is 5.75 Å². The molecule has 1 aliphatic heterocycles. The van der Waals surface area contributed by atoms with Gasteiger partial charge in [-0.1, -0.05) is 41.4 Å². The molecule has 11 heteroatoms. The number of nitrogens with zero attached hydrogens (tertiary/aromatic N) is 1. The van der Waals surface area contributed by atoms with Gasteiger partial charge in [0.05, 0.1) is 12.5 Å². The first-order valence-electron chi connectivity index (χ1n) is 10.5. The summed E-state index contributed by atoms with van der Waals surface area (Å²) in [6, 6.07) is 10.1. The third kappa shape index (κ3) is 6.71. The predicted molar refractivity (Wildman–Crippen MR) is 130 cm³/mol. The summed E-state index contributed by atoms with van der Waals surface area (Å²) in [4.78, 5) is 37.9. The molecule has 3 rings (SSSR count). The number of hydrogen-bond acceptors (Lipinski definition) is 6. The normalized spacial score (nSPS) is 16.1. The molecule has 2 atom stereocenters. The molecule has 1 saturated heterocycles. The van der Waals surface area contributed by atoms with Crippen LogP contribution in [0.15, 0.2) is 42.5 Å². The van der Waals surface area contributed by atoms with Crippen molar-refractivity contribution >= 4 is 52.9 Å². The standard InChI is InChI=1S/C23H24Cl2N2O6S/c1-2-32-23(31)27-13-34-12-20(27)21(28)26-19(22(29)30)10-14-6-8-15(9-7-14)33-11-16-17(24)4-3-5-18(16)25/h3-9,19-20H,2,10-13H2,1H3,(H,26,28)(H,29,30)/t19-,20+/m0/s1. The van der Waals surface area contributed by atoms with Crippen molar-refractivity contribution in [2.75, 3.05) is 18.2 Å². The average molecular weight is 527 g/mol. The molecular formula is C23H24Cl2N2O6S. The topological polar surface area (TPSA) is 105 Å². The van der Waals surface area contributed by atoms with Crippen molar-refractivity contribution in [2.24, 2.45) is 0 Å². The number of carboxylic acids is 1. The van der Waals surface area contributed by atoms with Gasteiger partial charge < -0.3 is 19.9 Å². The van der Waals surface area contributed by atoms with Crippen LogP contribution in [0.5, 0.6) is 5.75 Å². The summed E-state index contributed by atoms with van der Waals surface area (Å²) in [5.41, 5.74) is 1.37. The zero-order valence-corrected chi connectivity index (χ0v) is 20.7. The molecule has 0 bridgehead atoms. The van der Waals surface area contributed by atoms with Gasteiger partial charge in [0.25, 0.3) is 0 Å². The number of amides is 2. The summed E-state index contributed by atoms with van der Waals surface area (Å²) < 4.78 is 10.7. The quantitative estimate of drug-likeness (QED) is 0.503. The highest BCUT2D eigenvalue weighted by molar-refractivity contribution is 7.99. The fourth-order valence-electron chi connectivity index (χ4n) is 3.30. The molecular weight excluding hydrogens is 503 g/mol. The lowest BCUT2D eigenvalue weighted by Crippen LogP contribution is -2.52. The van der Waals surface area contributed by atoms with E-state index in [0.717, 1.165) is 0 Å². The molecule has 2 N–H and O–H groups in total. The lowest BCUT2D eigenvalue weighted by Gasteiger charge is -2.24. The van der Waals surface area contributed by atoms with E-state index in [1.54, 1.807) is 49.4 Å². The van der Waals surface area contributed by atoms with Crippen LogP contribution in [0.2, 0.25) is 10.0 Å². The van der Waals surface area contributed by atoms with Crippen LogP contribution in [0.1, 0.15) is 18.1 Å². The van der Waals surface area contributed by atoms with Gasteiger partial charge in [0.1, 0.15) is 24.4 Å². The SMILES string of the molecule is CCOC(=O)N1CSC[C@@H]1C(=O)N[C@@H](Cc1ccc(OCc2c(Cl)cccc2Cl)cc1)C(=O)O. The van der Waals surface area contributed by atoms with Crippen molar-refractivity contribution in [3.63, 3.8) is 0 Å². The van der Waals surface area contributed by atoms with Gasteiger partial charge in [-0.25, -0.2) is 9.59 Å². The number of aliphatic carboxylic acids is 1. The van der Waals surface area contributed by atoms with Crippen LogP contribution in [0.3, 0.4) is 0 Å². The van der Waals surface area contributed by atoms with E-state index in [1.165, 1.54) is 16.7 Å². The summed E-state index contributed by atoms with van der Waals surface area (Å²) >= 11 is 13.7. The van der Waals surface area contributed by atoms with E-state index in [2.05, 4.69) is 5.32 Å². The van der Waals surface area contributed by atoms with Crippen LogP contribution in [0.25, 0.3) is 0 Å². The number of carbonyl (C=O) groups excluding carboxylic acids is 2. The van der Waals surface area contributed by atoms with Crippen molar-refractivity contribution in [3.05, 3.63) is 63.6 Å². The Hall–Kier alpha value is -2.62. The molecule has 2 amide bonds. The molecule has 34 heavy (non-hydrogen) atoms. The third-order valence-corrected chi connectivity index (χ3v) is 6.83. The number of rotatable bonds is 9. The minimum Gasteiger partial charge on any atom is -0.489 e. The zero-order chi connectivity index (χ0) is 24.7. The maximum absolute atomic E-state index is 12.7. The summed E-state index contributed by atoms with van der Waals surface area (Å²) in [7, 11) is 0. The molecule has 8 nitrogen and oxygen atoms in total. The van der Waals surface area contributed by atoms with Crippen molar-refractivity contribution in [1.29, 1.82) is 0 Å². The Kier molecular flexibility index (Phi) is 9.32. The van der Waals surface area contributed by atoms with Gasteiger partial charge in [0.15, 0.2) is 0 Å². The molecule has 0 aromatic heterocycles. The highest BCUT2D eigenvalue weighted by Crippen LogP contribution is 2.26. The van der Waals surface area contributed by atoms with Gasteiger partial charge in [0, 0.05) is 27.8 Å². The number of carboxylic acid groups (broad SMARTS) is 1. The minimum absolute atomic E-state index is 0.0664. The second kappa shape index (κ2) is 12.2. The zero-order valence-electron chi connectivity index (χ0n) is 18.3. The van der Waals surface area contributed by atoms with Crippen LogP contribution in [0.4, 0.5) is 4.79 Å². The molecule has 1 aliphatic rings. The van der Waals surface area contributed by atoms with Crippen LogP contribution in [0, 0.1) is 0 Å². The number of carbonyl (C=O) groups is 3. The highest BCUT2D eigenvalue weighted by Gasteiger charge is 2.37. The van der Waals surface area contributed by atoms with Crippen molar-refractivity contribution in [1.82, 2.24) is 10.2 Å². The van der Waals surface area contributed by atoms with Gasteiger partial charge in [-0.2, -0.15) is 0 Å². The molecule has 182 valence electrons. The first-order chi connectivity index (χ1) is 16.3. The van der Waals surface area contributed by atoms with E-state index in [0.29, 0.717) is 38.6 Å². The molecule has 1 fully saturated rings. The Morgan fingerprint density at radius 1 is 1.18 bits per heavy atom. The Balaban J connectivity index is 1.59. The average Bonchev–Trinajstić information content (AvgIpc) is 3.30. The number of benzene rings is 2. The summed E-state index contributed by atoms with van der Waals surface area (Å²) in [6.07, 6.45) is -0.523. The number of halogens is 2. The molecule has 1 heterocycles. The van der Waals surface area contributed by atoms with Crippen molar-refractivity contribution in [2.45, 2.75) is 32.0 Å². The molecule has 2 aromatic carbocycles. The predicted octanol–water partition coefficient (Wildman–Crippen LogP) is 4.22. The van der Waals surface area contributed by atoms with E-state index in [4.69, 9.17) is 32.7 Å². The maximum atomic E-state index is 12.7. The number of nitrogens with one attached hydrogen (secondary N) is 1. The van der Waals surface area contributed by atoms with E-state index >= 15 is 0 Å². The minimum atomic E-state index is -1.17.